The highest BCUT2D eigenvalue weighted by molar-refractivity contribution is 6.31. The third-order valence-corrected chi connectivity index (χ3v) is 7.75. The average Bonchev–Trinajstić information content (AvgIpc) is 3.34. The Hall–Kier alpha value is -5.07. The van der Waals surface area contributed by atoms with Crippen molar-refractivity contribution in [3.05, 3.63) is 143 Å². The van der Waals surface area contributed by atoms with E-state index in [4.69, 9.17) is 16.3 Å². The standard InChI is InChI=1S/C36H29ClN2O4/c37-26-16-19-29-28-10-5-7-13-33(28)39(34(29)23-26)20-21-43-27-17-14-24(15-18-27)22-32(36(41)42)38-31-12-6-4-11-30(31)35(40)25-8-2-1-3-9-25/h1-19,23,32,38H,20-22H2,(H,41,42). The normalized spacial score (nSPS) is 11.8. The number of halogens is 1. The number of carbonyl (C=O) groups is 2. The van der Waals surface area contributed by atoms with Gasteiger partial charge in [-0.2, -0.15) is 0 Å². The van der Waals surface area contributed by atoms with E-state index in [2.05, 4.69) is 28.1 Å². The molecule has 1 atom stereocenters. The van der Waals surface area contributed by atoms with E-state index in [9.17, 15) is 14.7 Å². The molecule has 2 N–H and O–H groups in total. The van der Waals surface area contributed by atoms with Gasteiger partial charge in [0.2, 0.25) is 0 Å². The van der Waals surface area contributed by atoms with Crippen LogP contribution in [0.25, 0.3) is 21.8 Å². The average molecular weight is 589 g/mol. The molecule has 5 aromatic carbocycles. The molecule has 1 unspecified atom stereocenters. The van der Waals surface area contributed by atoms with Gasteiger partial charge in [0.25, 0.3) is 0 Å². The lowest BCUT2D eigenvalue weighted by Crippen LogP contribution is -2.32. The number of nitrogens with zero attached hydrogens (tertiary/aromatic N) is 1. The fourth-order valence-corrected chi connectivity index (χ4v) is 5.58. The third-order valence-electron chi connectivity index (χ3n) is 7.52. The molecule has 1 aromatic heterocycles. The van der Waals surface area contributed by atoms with Crippen molar-refractivity contribution in [3.8, 4) is 5.75 Å². The summed E-state index contributed by atoms with van der Waals surface area (Å²) in [6.07, 6.45) is 0.228. The van der Waals surface area contributed by atoms with E-state index in [0.717, 1.165) is 22.0 Å². The minimum atomic E-state index is -1.01. The lowest BCUT2D eigenvalue weighted by molar-refractivity contribution is -0.137. The molecule has 0 fully saturated rings. The van der Waals surface area contributed by atoms with E-state index in [1.807, 2.05) is 54.6 Å². The number of carbonyl (C=O) groups excluding carboxylic acids is 1. The van der Waals surface area contributed by atoms with Gasteiger partial charge < -0.3 is 19.7 Å². The van der Waals surface area contributed by atoms with Crippen LogP contribution in [0.5, 0.6) is 5.75 Å². The van der Waals surface area contributed by atoms with Gasteiger partial charge in [-0.3, -0.25) is 4.79 Å². The van der Waals surface area contributed by atoms with Gasteiger partial charge in [-0.25, -0.2) is 4.79 Å². The van der Waals surface area contributed by atoms with E-state index in [0.29, 0.717) is 40.7 Å². The summed E-state index contributed by atoms with van der Waals surface area (Å²) >= 11 is 6.31. The van der Waals surface area contributed by atoms with Gasteiger partial charge in [0.15, 0.2) is 5.78 Å². The molecule has 7 heteroatoms. The van der Waals surface area contributed by atoms with Crippen molar-refractivity contribution < 1.29 is 19.4 Å². The molecule has 0 saturated heterocycles. The summed E-state index contributed by atoms with van der Waals surface area (Å²) in [6.45, 7) is 1.09. The van der Waals surface area contributed by atoms with Gasteiger partial charge in [0.1, 0.15) is 18.4 Å². The first-order valence-corrected chi connectivity index (χ1v) is 14.4. The maximum Gasteiger partial charge on any atom is 0.326 e. The van der Waals surface area contributed by atoms with Gasteiger partial charge in [-0.05, 0) is 48.0 Å². The molecule has 6 aromatic rings. The van der Waals surface area contributed by atoms with Crippen LogP contribution in [0.3, 0.4) is 0 Å². The molecule has 214 valence electrons. The highest BCUT2D eigenvalue weighted by Gasteiger charge is 2.21. The monoisotopic (exact) mass is 588 g/mol. The zero-order valence-corrected chi connectivity index (χ0v) is 24.0. The first-order valence-electron chi connectivity index (χ1n) is 14.0. The number of carboxylic acid groups (broad SMARTS) is 1. The Bertz CT molecular complexity index is 1920. The van der Waals surface area contributed by atoms with E-state index < -0.39 is 12.0 Å². The Morgan fingerprint density at radius 1 is 0.791 bits per heavy atom. The number of aromatic nitrogens is 1. The molecular formula is C36H29ClN2O4. The largest absolute Gasteiger partial charge is 0.492 e. The van der Waals surface area contributed by atoms with Gasteiger partial charge in [-0.1, -0.05) is 90.5 Å². The molecule has 0 radical (unpaired) electrons. The number of anilines is 1. The van der Waals surface area contributed by atoms with Crippen LogP contribution in [0.15, 0.2) is 121 Å². The van der Waals surface area contributed by atoms with Crippen molar-refractivity contribution in [2.75, 3.05) is 11.9 Å². The van der Waals surface area contributed by atoms with Crippen LogP contribution in [-0.2, 0) is 17.8 Å². The van der Waals surface area contributed by atoms with Gasteiger partial charge >= 0.3 is 5.97 Å². The molecule has 0 saturated carbocycles. The van der Waals surface area contributed by atoms with Crippen LogP contribution in [0, 0.1) is 0 Å². The SMILES string of the molecule is O=C(c1ccccc1)c1ccccc1NC(Cc1ccc(OCCn2c3ccccc3c3ccc(Cl)cc32)cc1)C(=O)O. The number of ether oxygens (including phenoxy) is 1. The van der Waals surface area contributed by atoms with Crippen LogP contribution in [0.2, 0.25) is 5.02 Å². The highest BCUT2D eigenvalue weighted by Crippen LogP contribution is 2.31. The lowest BCUT2D eigenvalue weighted by Gasteiger charge is -2.18. The topological polar surface area (TPSA) is 80.6 Å². The first kappa shape index (κ1) is 28.1. The maximum atomic E-state index is 13.1. The zero-order valence-electron chi connectivity index (χ0n) is 23.2. The van der Waals surface area contributed by atoms with Crippen molar-refractivity contribution in [3.63, 3.8) is 0 Å². The summed E-state index contributed by atoms with van der Waals surface area (Å²) in [6, 6.07) is 36.6. The Balaban J connectivity index is 1.12. The molecule has 0 aliphatic rings. The third kappa shape index (κ3) is 6.10. The molecule has 6 rings (SSSR count). The van der Waals surface area contributed by atoms with E-state index in [1.54, 1.807) is 48.5 Å². The Morgan fingerprint density at radius 2 is 1.49 bits per heavy atom. The van der Waals surface area contributed by atoms with Gasteiger partial charge in [0.05, 0.1) is 12.1 Å². The number of carboxylic acids is 1. The minimum Gasteiger partial charge on any atom is -0.492 e. The molecule has 0 aliphatic heterocycles. The summed E-state index contributed by atoms with van der Waals surface area (Å²) in [5, 5.41) is 16.1. The van der Waals surface area contributed by atoms with E-state index in [-0.39, 0.29) is 12.2 Å². The molecule has 0 bridgehead atoms. The maximum absolute atomic E-state index is 13.1. The second-order valence-electron chi connectivity index (χ2n) is 10.3. The van der Waals surface area contributed by atoms with Crippen molar-refractivity contribution >= 4 is 50.8 Å². The summed E-state index contributed by atoms with van der Waals surface area (Å²) in [4.78, 5) is 25.3. The Kier molecular flexibility index (Phi) is 8.11. The Labute approximate surface area is 254 Å². The van der Waals surface area contributed by atoms with Crippen LogP contribution in [-0.4, -0.2) is 34.1 Å². The number of para-hydroxylation sites is 2. The van der Waals surface area contributed by atoms with Crippen LogP contribution >= 0.6 is 11.6 Å². The zero-order chi connectivity index (χ0) is 29.8. The molecule has 1 heterocycles. The number of benzene rings is 5. The van der Waals surface area contributed by atoms with Crippen molar-refractivity contribution in [2.45, 2.75) is 19.0 Å². The fraction of sp³-hybridized carbons (Fsp3) is 0.111. The number of nitrogens with one attached hydrogen (secondary N) is 1. The molecular weight excluding hydrogens is 560 g/mol. The number of ketones is 1. The second-order valence-corrected chi connectivity index (χ2v) is 10.7. The molecule has 0 spiro atoms. The number of hydrogen-bond donors (Lipinski definition) is 2. The lowest BCUT2D eigenvalue weighted by atomic mass is 10.00. The smallest absolute Gasteiger partial charge is 0.326 e. The predicted molar refractivity (Wildman–Crippen MR) is 171 cm³/mol. The van der Waals surface area contributed by atoms with Gasteiger partial charge in [0, 0.05) is 44.5 Å². The predicted octanol–water partition coefficient (Wildman–Crippen LogP) is 7.87. The van der Waals surface area contributed by atoms with Crippen LogP contribution < -0.4 is 10.1 Å². The van der Waals surface area contributed by atoms with Crippen LogP contribution in [0.1, 0.15) is 21.5 Å². The first-order chi connectivity index (χ1) is 21.0. The van der Waals surface area contributed by atoms with Crippen LogP contribution in [0.4, 0.5) is 5.69 Å². The van der Waals surface area contributed by atoms with Crippen molar-refractivity contribution in [1.82, 2.24) is 4.57 Å². The molecule has 0 aliphatic carbocycles. The quantitative estimate of drug-likeness (QED) is 0.151. The molecule has 0 amide bonds. The van der Waals surface area contributed by atoms with E-state index in [1.165, 1.54) is 5.39 Å². The number of rotatable bonds is 11. The summed E-state index contributed by atoms with van der Waals surface area (Å²) in [5.74, 6) is -0.479. The second kappa shape index (κ2) is 12.4. The molecule has 6 nitrogen and oxygen atoms in total. The summed E-state index contributed by atoms with van der Waals surface area (Å²) in [5.41, 5.74) is 4.46. The minimum absolute atomic E-state index is 0.168. The highest BCUT2D eigenvalue weighted by atomic mass is 35.5. The van der Waals surface area contributed by atoms with Crippen molar-refractivity contribution in [1.29, 1.82) is 0 Å². The van der Waals surface area contributed by atoms with E-state index >= 15 is 0 Å². The Morgan fingerprint density at radius 3 is 2.28 bits per heavy atom. The van der Waals surface area contributed by atoms with Gasteiger partial charge in [-0.15, -0.1) is 0 Å². The number of aliphatic carboxylic acids is 1. The fourth-order valence-electron chi connectivity index (χ4n) is 5.42. The van der Waals surface area contributed by atoms with Crippen molar-refractivity contribution in [2.24, 2.45) is 0 Å². The molecule has 43 heavy (non-hydrogen) atoms. The summed E-state index contributed by atoms with van der Waals surface area (Å²) < 4.78 is 8.29. The summed E-state index contributed by atoms with van der Waals surface area (Å²) in [7, 11) is 0. The number of hydrogen-bond acceptors (Lipinski definition) is 4. The number of fused-ring (bicyclic) bond motifs is 3.